The molecule has 92 valence electrons. The number of nitrogens with one attached hydrogen (secondary N) is 1. The molecule has 1 aromatic carbocycles. The third kappa shape index (κ3) is 2.57. The first-order valence-corrected chi connectivity index (χ1v) is 5.41. The maximum absolute atomic E-state index is 13.5. The standard InChI is InChI=1S/C12H9ClFN3O/c13-9-6-16-4-3-8(9)12(18)17-11-2-1-7(15)5-10(11)14/h1-6H,15H2,(H,17,18). The molecule has 0 unspecified atom stereocenters. The van der Waals surface area contributed by atoms with Gasteiger partial charge in [0.05, 0.1) is 16.3 Å². The summed E-state index contributed by atoms with van der Waals surface area (Å²) in [4.78, 5) is 15.6. The number of aromatic nitrogens is 1. The van der Waals surface area contributed by atoms with Crippen LogP contribution in [0.4, 0.5) is 15.8 Å². The fourth-order valence-electron chi connectivity index (χ4n) is 1.38. The van der Waals surface area contributed by atoms with Crippen molar-refractivity contribution in [2.24, 2.45) is 0 Å². The van der Waals surface area contributed by atoms with Gasteiger partial charge in [0.2, 0.25) is 0 Å². The van der Waals surface area contributed by atoms with Crippen LogP contribution in [-0.2, 0) is 0 Å². The number of hydrogen-bond acceptors (Lipinski definition) is 3. The van der Waals surface area contributed by atoms with Crippen molar-refractivity contribution in [2.75, 3.05) is 11.1 Å². The lowest BCUT2D eigenvalue weighted by molar-refractivity contribution is 0.102. The quantitative estimate of drug-likeness (QED) is 0.821. The number of pyridine rings is 1. The van der Waals surface area contributed by atoms with Gasteiger partial charge < -0.3 is 11.1 Å². The number of nitrogens with two attached hydrogens (primary N) is 1. The number of carbonyl (C=O) groups excluding carboxylic acids is 1. The van der Waals surface area contributed by atoms with Crippen LogP contribution >= 0.6 is 11.6 Å². The molecule has 1 amide bonds. The minimum Gasteiger partial charge on any atom is -0.399 e. The molecule has 0 aliphatic carbocycles. The van der Waals surface area contributed by atoms with Crippen molar-refractivity contribution in [2.45, 2.75) is 0 Å². The van der Waals surface area contributed by atoms with Crippen LogP contribution in [0.1, 0.15) is 10.4 Å². The topological polar surface area (TPSA) is 68.0 Å². The number of carbonyl (C=O) groups is 1. The first-order valence-electron chi connectivity index (χ1n) is 5.04. The summed E-state index contributed by atoms with van der Waals surface area (Å²) in [5.41, 5.74) is 5.96. The maximum atomic E-state index is 13.5. The van der Waals surface area contributed by atoms with E-state index in [0.717, 1.165) is 6.07 Å². The second kappa shape index (κ2) is 5.01. The van der Waals surface area contributed by atoms with Gasteiger partial charge in [-0.1, -0.05) is 11.6 Å². The highest BCUT2D eigenvalue weighted by atomic mass is 35.5. The number of nitrogens with zero attached hydrogens (tertiary/aromatic N) is 1. The fourth-order valence-corrected chi connectivity index (χ4v) is 1.59. The molecule has 0 spiro atoms. The van der Waals surface area contributed by atoms with Crippen molar-refractivity contribution in [3.63, 3.8) is 0 Å². The van der Waals surface area contributed by atoms with E-state index < -0.39 is 11.7 Å². The number of anilines is 2. The zero-order valence-electron chi connectivity index (χ0n) is 9.15. The van der Waals surface area contributed by atoms with Gasteiger partial charge in [-0.15, -0.1) is 0 Å². The lowest BCUT2D eigenvalue weighted by Crippen LogP contribution is -2.13. The van der Waals surface area contributed by atoms with Crippen LogP contribution in [0.2, 0.25) is 5.02 Å². The first kappa shape index (κ1) is 12.3. The van der Waals surface area contributed by atoms with E-state index in [9.17, 15) is 9.18 Å². The SMILES string of the molecule is Nc1ccc(NC(=O)c2ccncc2Cl)c(F)c1. The molecule has 0 saturated carbocycles. The average Bonchev–Trinajstić information content (AvgIpc) is 2.33. The zero-order valence-corrected chi connectivity index (χ0v) is 9.91. The van der Waals surface area contributed by atoms with E-state index in [0.29, 0.717) is 0 Å². The van der Waals surface area contributed by atoms with E-state index in [-0.39, 0.29) is 22.0 Å². The van der Waals surface area contributed by atoms with Crippen LogP contribution < -0.4 is 11.1 Å². The lowest BCUT2D eigenvalue weighted by Gasteiger charge is -2.07. The molecule has 0 radical (unpaired) electrons. The van der Waals surface area contributed by atoms with Crippen molar-refractivity contribution >= 4 is 28.9 Å². The maximum Gasteiger partial charge on any atom is 0.257 e. The summed E-state index contributed by atoms with van der Waals surface area (Å²) in [6.45, 7) is 0. The molecule has 0 aliphatic heterocycles. The molecule has 4 nitrogen and oxygen atoms in total. The Kier molecular flexibility index (Phi) is 3.43. The Labute approximate surface area is 108 Å². The van der Waals surface area contributed by atoms with E-state index in [2.05, 4.69) is 10.3 Å². The normalized spacial score (nSPS) is 10.1. The molecule has 6 heteroatoms. The molecular formula is C12H9ClFN3O. The smallest absolute Gasteiger partial charge is 0.257 e. The number of benzene rings is 1. The Balaban J connectivity index is 2.24. The molecule has 0 fully saturated rings. The summed E-state index contributed by atoms with van der Waals surface area (Å²) in [5.74, 6) is -1.11. The molecular weight excluding hydrogens is 257 g/mol. The minimum atomic E-state index is -0.603. The Morgan fingerprint density at radius 2 is 2.17 bits per heavy atom. The summed E-state index contributed by atoms with van der Waals surface area (Å²) in [6.07, 6.45) is 2.77. The summed E-state index contributed by atoms with van der Waals surface area (Å²) in [6, 6.07) is 5.46. The molecule has 2 rings (SSSR count). The molecule has 1 aromatic heterocycles. The number of hydrogen-bond donors (Lipinski definition) is 2. The van der Waals surface area contributed by atoms with Crippen LogP contribution in [0.25, 0.3) is 0 Å². The Hall–Kier alpha value is -2.14. The zero-order chi connectivity index (χ0) is 13.1. The predicted molar refractivity (Wildman–Crippen MR) is 68.0 cm³/mol. The van der Waals surface area contributed by atoms with Gasteiger partial charge in [-0.25, -0.2) is 4.39 Å². The molecule has 0 aliphatic rings. The number of amides is 1. The van der Waals surface area contributed by atoms with E-state index >= 15 is 0 Å². The van der Waals surface area contributed by atoms with Crippen molar-refractivity contribution < 1.29 is 9.18 Å². The van der Waals surface area contributed by atoms with Gasteiger partial charge in [-0.3, -0.25) is 9.78 Å². The van der Waals surface area contributed by atoms with Gasteiger partial charge in [-0.2, -0.15) is 0 Å². The number of nitrogen functional groups attached to an aromatic ring is 1. The predicted octanol–water partition coefficient (Wildman–Crippen LogP) is 2.71. The highest BCUT2D eigenvalue weighted by Crippen LogP contribution is 2.19. The molecule has 3 N–H and O–H groups in total. The molecule has 1 heterocycles. The van der Waals surface area contributed by atoms with Crippen molar-refractivity contribution in [1.29, 1.82) is 0 Å². The highest BCUT2D eigenvalue weighted by Gasteiger charge is 2.12. The molecule has 0 bridgehead atoms. The molecule has 0 atom stereocenters. The largest absolute Gasteiger partial charge is 0.399 e. The third-order valence-electron chi connectivity index (χ3n) is 2.26. The lowest BCUT2D eigenvalue weighted by atomic mass is 10.2. The van der Waals surface area contributed by atoms with Crippen LogP contribution in [0.3, 0.4) is 0 Å². The van der Waals surface area contributed by atoms with Gasteiger partial charge in [0.1, 0.15) is 5.82 Å². The van der Waals surface area contributed by atoms with Gasteiger partial charge in [0.15, 0.2) is 0 Å². The van der Waals surface area contributed by atoms with Gasteiger partial charge >= 0.3 is 0 Å². The van der Waals surface area contributed by atoms with Crippen LogP contribution in [0.5, 0.6) is 0 Å². The molecule has 2 aromatic rings. The van der Waals surface area contributed by atoms with Crippen LogP contribution in [0, 0.1) is 5.82 Å². The number of halogens is 2. The minimum absolute atomic E-state index is 0.0436. The summed E-state index contributed by atoms with van der Waals surface area (Å²) in [7, 11) is 0. The van der Waals surface area contributed by atoms with E-state index in [1.807, 2.05) is 0 Å². The average molecular weight is 266 g/mol. The highest BCUT2D eigenvalue weighted by molar-refractivity contribution is 6.34. The third-order valence-corrected chi connectivity index (χ3v) is 2.56. The Morgan fingerprint density at radius 3 is 2.83 bits per heavy atom. The second-order valence-electron chi connectivity index (χ2n) is 3.55. The van der Waals surface area contributed by atoms with Crippen molar-refractivity contribution in [1.82, 2.24) is 4.98 Å². The summed E-state index contributed by atoms with van der Waals surface area (Å²) >= 11 is 5.81. The van der Waals surface area contributed by atoms with Gasteiger partial charge in [-0.05, 0) is 24.3 Å². The van der Waals surface area contributed by atoms with E-state index in [1.54, 1.807) is 0 Å². The molecule has 18 heavy (non-hydrogen) atoms. The summed E-state index contributed by atoms with van der Waals surface area (Å²) < 4.78 is 13.5. The van der Waals surface area contributed by atoms with Crippen molar-refractivity contribution in [3.05, 3.63) is 53.1 Å². The van der Waals surface area contributed by atoms with Gasteiger partial charge in [0.25, 0.3) is 5.91 Å². The van der Waals surface area contributed by atoms with Gasteiger partial charge in [0, 0.05) is 18.1 Å². The Bertz CT molecular complexity index is 604. The van der Waals surface area contributed by atoms with Crippen LogP contribution in [0.15, 0.2) is 36.7 Å². The van der Waals surface area contributed by atoms with E-state index in [4.69, 9.17) is 17.3 Å². The monoisotopic (exact) mass is 265 g/mol. The first-order chi connectivity index (χ1) is 8.58. The summed E-state index contributed by atoms with van der Waals surface area (Å²) in [5, 5.41) is 2.61. The van der Waals surface area contributed by atoms with Crippen LogP contribution in [-0.4, -0.2) is 10.9 Å². The number of rotatable bonds is 2. The Morgan fingerprint density at radius 1 is 1.39 bits per heavy atom. The van der Waals surface area contributed by atoms with Crippen molar-refractivity contribution in [3.8, 4) is 0 Å². The fraction of sp³-hybridized carbons (Fsp3) is 0. The van der Waals surface area contributed by atoms with E-state index in [1.165, 1.54) is 30.6 Å². The second-order valence-corrected chi connectivity index (χ2v) is 3.96. The molecule has 0 saturated heterocycles.